The lowest BCUT2D eigenvalue weighted by atomic mass is 9.91. The Labute approximate surface area is 212 Å². The van der Waals surface area contributed by atoms with Crippen molar-refractivity contribution in [3.05, 3.63) is 17.8 Å². The molecule has 10 heteroatoms. The second-order valence-corrected chi connectivity index (χ2v) is 11.2. The molecular formula is C26H39N7O3. The van der Waals surface area contributed by atoms with Crippen molar-refractivity contribution in [1.82, 2.24) is 24.8 Å². The maximum atomic E-state index is 12.8. The van der Waals surface area contributed by atoms with Gasteiger partial charge in [0.25, 0.3) is 0 Å². The first-order valence-corrected chi connectivity index (χ1v) is 13.7. The molecule has 0 aliphatic carbocycles. The Hall–Kier alpha value is -2.59. The number of ether oxygens (including phenoxy) is 2. The average Bonchev–Trinajstić information content (AvgIpc) is 3.39. The Bertz CT molecular complexity index is 1060. The van der Waals surface area contributed by atoms with E-state index in [0.29, 0.717) is 17.9 Å². The summed E-state index contributed by atoms with van der Waals surface area (Å²) in [6.07, 6.45) is 8.04. The second-order valence-electron chi connectivity index (χ2n) is 11.2. The number of hydrogen-bond donors (Lipinski definition) is 3. The van der Waals surface area contributed by atoms with Gasteiger partial charge in [-0.2, -0.15) is 9.61 Å². The molecule has 2 aromatic rings. The van der Waals surface area contributed by atoms with Gasteiger partial charge in [-0.3, -0.25) is 0 Å². The predicted octanol–water partition coefficient (Wildman–Crippen LogP) is 3.21. The van der Waals surface area contributed by atoms with Crippen molar-refractivity contribution in [2.75, 3.05) is 43.5 Å². The molecule has 0 spiro atoms. The number of fused-ring (bicyclic) bond motifs is 3. The van der Waals surface area contributed by atoms with Crippen LogP contribution >= 0.6 is 0 Å². The standard InChI is InChI=1S/C26H39N7O3/c1-16(2)22-15-29-33-24(11-23(31-25(22)33)30-18-5-7-35-8-6-18)28-12-17-9-19-3-4-20(10-17)32(19)26(34)36-21-13-27-14-21/h11,15-21,27-28H,3-10,12-14H2,1-2H3,(H,30,31). The Kier molecular flexibility index (Phi) is 6.64. The highest BCUT2D eigenvalue weighted by Crippen LogP contribution is 2.39. The average molecular weight is 498 g/mol. The van der Waals surface area contributed by atoms with Crippen LogP contribution < -0.4 is 16.0 Å². The normalized spacial score (nSPS) is 26.9. The second kappa shape index (κ2) is 10.0. The molecule has 4 aliphatic rings. The van der Waals surface area contributed by atoms with Crippen molar-refractivity contribution >= 4 is 23.4 Å². The summed E-state index contributed by atoms with van der Waals surface area (Å²) in [6.45, 7) is 8.36. The zero-order valence-corrected chi connectivity index (χ0v) is 21.4. The highest BCUT2D eigenvalue weighted by atomic mass is 16.6. The first kappa shape index (κ1) is 23.8. The van der Waals surface area contributed by atoms with Crippen LogP contribution in [0.15, 0.2) is 12.3 Å². The van der Waals surface area contributed by atoms with Crippen LogP contribution in [0.25, 0.3) is 5.65 Å². The van der Waals surface area contributed by atoms with Gasteiger partial charge >= 0.3 is 6.09 Å². The number of amides is 1. The third-order valence-corrected chi connectivity index (χ3v) is 8.32. The topological polar surface area (TPSA) is 105 Å². The van der Waals surface area contributed by atoms with Crippen molar-refractivity contribution < 1.29 is 14.3 Å². The lowest BCUT2D eigenvalue weighted by Crippen LogP contribution is -2.54. The summed E-state index contributed by atoms with van der Waals surface area (Å²) in [5.41, 5.74) is 2.06. The number of nitrogens with one attached hydrogen (secondary N) is 3. The van der Waals surface area contributed by atoms with E-state index in [9.17, 15) is 4.79 Å². The van der Waals surface area contributed by atoms with Gasteiger partial charge in [-0.15, -0.1) is 0 Å². The van der Waals surface area contributed by atoms with Gasteiger partial charge in [-0.1, -0.05) is 13.8 Å². The smallest absolute Gasteiger partial charge is 0.410 e. The molecule has 4 saturated heterocycles. The van der Waals surface area contributed by atoms with Crippen molar-refractivity contribution in [2.45, 2.75) is 82.5 Å². The monoisotopic (exact) mass is 497 g/mol. The first-order chi connectivity index (χ1) is 17.5. The maximum absolute atomic E-state index is 12.8. The van der Waals surface area contributed by atoms with Gasteiger partial charge in [0, 0.05) is 62.6 Å². The van der Waals surface area contributed by atoms with Crippen LogP contribution in [0.2, 0.25) is 0 Å². The predicted molar refractivity (Wildman–Crippen MR) is 138 cm³/mol. The molecule has 6 heterocycles. The lowest BCUT2D eigenvalue weighted by Gasteiger charge is -2.40. The van der Waals surface area contributed by atoms with E-state index in [2.05, 4.69) is 41.0 Å². The van der Waals surface area contributed by atoms with Crippen LogP contribution in [0, 0.1) is 5.92 Å². The molecule has 196 valence electrons. The molecule has 6 rings (SSSR count). The van der Waals surface area contributed by atoms with Gasteiger partial charge in [-0.25, -0.2) is 9.78 Å². The van der Waals surface area contributed by atoms with E-state index in [1.807, 2.05) is 15.6 Å². The van der Waals surface area contributed by atoms with E-state index in [4.69, 9.17) is 14.5 Å². The van der Waals surface area contributed by atoms with Gasteiger partial charge in [0.05, 0.1) is 6.20 Å². The number of anilines is 2. The van der Waals surface area contributed by atoms with Crippen molar-refractivity contribution in [3.63, 3.8) is 0 Å². The SMILES string of the molecule is CC(C)c1cnn2c(NCC3CC4CCC(C3)N4C(=O)OC3CNC3)cc(NC3CCOCC3)nc12. The summed E-state index contributed by atoms with van der Waals surface area (Å²) < 4.78 is 13.2. The van der Waals surface area contributed by atoms with E-state index >= 15 is 0 Å². The van der Waals surface area contributed by atoms with E-state index in [1.54, 1.807) is 0 Å². The van der Waals surface area contributed by atoms with Gasteiger partial charge in [-0.05, 0) is 50.4 Å². The number of rotatable bonds is 7. The minimum atomic E-state index is -0.113. The third kappa shape index (κ3) is 4.72. The molecule has 4 fully saturated rings. The van der Waals surface area contributed by atoms with Gasteiger partial charge < -0.3 is 30.3 Å². The van der Waals surface area contributed by atoms with Crippen LogP contribution in [0.1, 0.15) is 63.9 Å². The number of hydrogen-bond acceptors (Lipinski definition) is 8. The molecule has 10 nitrogen and oxygen atoms in total. The van der Waals surface area contributed by atoms with Gasteiger partial charge in [0.2, 0.25) is 0 Å². The molecule has 1 amide bonds. The molecule has 4 aliphatic heterocycles. The Morgan fingerprint density at radius 1 is 1.19 bits per heavy atom. The number of aromatic nitrogens is 3. The van der Waals surface area contributed by atoms with E-state index < -0.39 is 0 Å². The minimum absolute atomic E-state index is 0.0409. The number of nitrogens with zero attached hydrogens (tertiary/aromatic N) is 4. The minimum Gasteiger partial charge on any atom is -0.443 e. The van der Waals surface area contributed by atoms with Crippen LogP contribution in [0.3, 0.4) is 0 Å². The fourth-order valence-corrected chi connectivity index (χ4v) is 6.19. The molecular weight excluding hydrogens is 458 g/mol. The molecule has 2 bridgehead atoms. The van der Waals surface area contributed by atoms with Crippen LogP contribution in [0.5, 0.6) is 0 Å². The zero-order chi connectivity index (χ0) is 24.6. The molecule has 36 heavy (non-hydrogen) atoms. The van der Waals surface area contributed by atoms with Crippen molar-refractivity contribution in [2.24, 2.45) is 5.92 Å². The van der Waals surface area contributed by atoms with E-state index in [-0.39, 0.29) is 24.3 Å². The molecule has 0 aromatic carbocycles. The molecule has 0 radical (unpaired) electrons. The summed E-state index contributed by atoms with van der Waals surface area (Å²) in [7, 11) is 0. The Morgan fingerprint density at radius 2 is 1.94 bits per heavy atom. The Morgan fingerprint density at radius 3 is 2.61 bits per heavy atom. The summed E-state index contributed by atoms with van der Waals surface area (Å²) in [6, 6.07) is 3.04. The van der Waals surface area contributed by atoms with E-state index in [0.717, 1.165) is 94.2 Å². The third-order valence-electron chi connectivity index (χ3n) is 8.32. The van der Waals surface area contributed by atoms with Crippen molar-refractivity contribution in [3.8, 4) is 0 Å². The van der Waals surface area contributed by atoms with Crippen LogP contribution in [0.4, 0.5) is 16.4 Å². The summed E-state index contributed by atoms with van der Waals surface area (Å²) in [4.78, 5) is 19.8. The van der Waals surface area contributed by atoms with Crippen LogP contribution in [-0.4, -0.2) is 82.7 Å². The van der Waals surface area contributed by atoms with Gasteiger partial charge in [0.15, 0.2) is 5.65 Å². The fraction of sp³-hybridized carbons (Fsp3) is 0.731. The highest BCUT2D eigenvalue weighted by Gasteiger charge is 2.44. The molecule has 2 aromatic heterocycles. The molecule has 2 atom stereocenters. The molecule has 3 N–H and O–H groups in total. The van der Waals surface area contributed by atoms with Crippen LogP contribution in [-0.2, 0) is 9.47 Å². The Balaban J connectivity index is 1.15. The molecule has 2 unspecified atom stereocenters. The number of carbonyl (C=O) groups is 1. The van der Waals surface area contributed by atoms with Gasteiger partial charge in [0.1, 0.15) is 17.7 Å². The molecule has 0 saturated carbocycles. The summed E-state index contributed by atoms with van der Waals surface area (Å²) in [5.74, 6) is 2.71. The first-order valence-electron chi connectivity index (χ1n) is 13.7. The maximum Gasteiger partial charge on any atom is 0.410 e. The largest absolute Gasteiger partial charge is 0.443 e. The number of carbonyl (C=O) groups excluding carboxylic acids is 1. The summed E-state index contributed by atoms with van der Waals surface area (Å²) in [5, 5.41) is 15.2. The lowest BCUT2D eigenvalue weighted by molar-refractivity contribution is 0.0149. The van der Waals surface area contributed by atoms with E-state index in [1.165, 1.54) is 0 Å². The van der Waals surface area contributed by atoms with Crippen molar-refractivity contribution in [1.29, 1.82) is 0 Å². The zero-order valence-electron chi connectivity index (χ0n) is 21.4. The quantitative estimate of drug-likeness (QED) is 0.536. The number of piperidine rings is 1. The fourth-order valence-electron chi connectivity index (χ4n) is 6.19. The highest BCUT2D eigenvalue weighted by molar-refractivity contribution is 5.69. The summed E-state index contributed by atoms with van der Waals surface area (Å²) >= 11 is 0.